The van der Waals surface area contributed by atoms with Crippen LogP contribution in [0, 0.1) is 20.8 Å². The molecule has 0 saturated carbocycles. The first kappa shape index (κ1) is 11.2. The average Bonchev–Trinajstić information content (AvgIpc) is 2.52. The molecule has 1 aliphatic heterocycles. The second-order valence-corrected chi connectivity index (χ2v) is 5.25. The average molecular weight is 218 g/mol. The fourth-order valence-electron chi connectivity index (χ4n) is 2.49. The van der Waals surface area contributed by atoms with E-state index in [1.54, 1.807) is 0 Å². The van der Waals surface area contributed by atoms with E-state index in [1.807, 2.05) is 13.8 Å². The van der Waals surface area contributed by atoms with Crippen LogP contribution in [0.1, 0.15) is 46.5 Å². The van der Waals surface area contributed by atoms with E-state index in [4.69, 9.17) is 4.74 Å². The maximum atomic E-state index is 11.1. The summed E-state index contributed by atoms with van der Waals surface area (Å²) in [7, 11) is 0. The zero-order chi connectivity index (χ0) is 12.1. The van der Waals surface area contributed by atoms with Gasteiger partial charge in [0.2, 0.25) is 0 Å². The third-order valence-corrected chi connectivity index (χ3v) is 3.54. The Morgan fingerprint density at radius 3 is 2.31 bits per heavy atom. The fourth-order valence-corrected chi connectivity index (χ4v) is 2.49. The van der Waals surface area contributed by atoms with Crippen molar-refractivity contribution in [3.05, 3.63) is 27.8 Å². The zero-order valence-corrected chi connectivity index (χ0v) is 10.6. The first-order chi connectivity index (χ1) is 7.37. The van der Waals surface area contributed by atoms with Gasteiger partial charge in [0.05, 0.1) is 0 Å². The van der Waals surface area contributed by atoms with Crippen LogP contribution in [-0.2, 0) is 6.42 Å². The molecule has 0 aromatic heterocycles. The Morgan fingerprint density at radius 2 is 1.75 bits per heavy atom. The van der Waals surface area contributed by atoms with Gasteiger partial charge in [0.15, 0.2) is 6.29 Å². The minimum absolute atomic E-state index is 0.147. The number of fused-ring (bicyclic) bond motifs is 1. The van der Waals surface area contributed by atoms with Crippen LogP contribution in [0.25, 0.3) is 0 Å². The SMILES string of the molecule is Cc1c(C)c2c(c(C)c1C=O)OC(C)(C)C2. The van der Waals surface area contributed by atoms with E-state index in [-0.39, 0.29) is 5.60 Å². The number of carbonyl (C=O) groups is 1. The summed E-state index contributed by atoms with van der Waals surface area (Å²) >= 11 is 0. The summed E-state index contributed by atoms with van der Waals surface area (Å²) in [6.07, 6.45) is 1.86. The highest BCUT2D eigenvalue weighted by molar-refractivity contribution is 5.83. The molecule has 1 aromatic carbocycles. The van der Waals surface area contributed by atoms with Gasteiger partial charge in [-0.1, -0.05) is 0 Å². The zero-order valence-electron chi connectivity index (χ0n) is 10.6. The summed E-state index contributed by atoms with van der Waals surface area (Å²) in [5.74, 6) is 0.926. The van der Waals surface area contributed by atoms with Crippen LogP contribution in [0.15, 0.2) is 0 Å². The summed E-state index contributed by atoms with van der Waals surface area (Å²) < 4.78 is 5.94. The van der Waals surface area contributed by atoms with Crippen LogP contribution >= 0.6 is 0 Å². The monoisotopic (exact) mass is 218 g/mol. The van der Waals surface area contributed by atoms with Crippen molar-refractivity contribution in [2.45, 2.75) is 46.6 Å². The van der Waals surface area contributed by atoms with E-state index in [0.717, 1.165) is 35.1 Å². The van der Waals surface area contributed by atoms with Crippen molar-refractivity contribution in [3.63, 3.8) is 0 Å². The molecule has 2 heteroatoms. The maximum Gasteiger partial charge on any atom is 0.150 e. The van der Waals surface area contributed by atoms with Crippen molar-refractivity contribution < 1.29 is 9.53 Å². The standard InChI is InChI=1S/C14H18O2/c1-8-9(2)12(7-15)10(3)13-11(8)6-14(4,5)16-13/h7H,6H2,1-5H3. The molecule has 0 unspecified atom stereocenters. The molecule has 0 saturated heterocycles. The Bertz CT molecular complexity index is 470. The van der Waals surface area contributed by atoms with Crippen LogP contribution in [0.3, 0.4) is 0 Å². The molecule has 1 aliphatic rings. The van der Waals surface area contributed by atoms with Crippen LogP contribution in [0.4, 0.5) is 0 Å². The molecule has 0 fully saturated rings. The van der Waals surface area contributed by atoms with Crippen molar-refractivity contribution in [3.8, 4) is 5.75 Å². The number of hydrogen-bond acceptors (Lipinski definition) is 2. The molecule has 2 nitrogen and oxygen atoms in total. The summed E-state index contributed by atoms with van der Waals surface area (Å²) in [5, 5.41) is 0. The Kier molecular flexibility index (Phi) is 2.33. The number of rotatable bonds is 1. The van der Waals surface area contributed by atoms with Crippen molar-refractivity contribution >= 4 is 6.29 Å². The highest BCUT2D eigenvalue weighted by Gasteiger charge is 2.34. The van der Waals surface area contributed by atoms with E-state index in [1.165, 1.54) is 11.1 Å². The molecule has 0 N–H and O–H groups in total. The van der Waals surface area contributed by atoms with Gasteiger partial charge < -0.3 is 4.74 Å². The normalized spacial score (nSPS) is 16.8. The van der Waals surface area contributed by atoms with Gasteiger partial charge >= 0.3 is 0 Å². The second kappa shape index (κ2) is 3.34. The number of carbonyl (C=O) groups excluding carboxylic acids is 1. The lowest BCUT2D eigenvalue weighted by atomic mass is 9.90. The van der Waals surface area contributed by atoms with Gasteiger partial charge in [-0.25, -0.2) is 0 Å². The number of hydrogen-bond donors (Lipinski definition) is 0. The first-order valence-electron chi connectivity index (χ1n) is 5.64. The molecule has 0 spiro atoms. The van der Waals surface area contributed by atoms with E-state index in [0.29, 0.717) is 0 Å². The molecule has 0 atom stereocenters. The van der Waals surface area contributed by atoms with Gasteiger partial charge in [-0.2, -0.15) is 0 Å². The Balaban J connectivity index is 2.73. The Labute approximate surface area is 96.6 Å². The Hall–Kier alpha value is -1.31. The topological polar surface area (TPSA) is 26.3 Å². The summed E-state index contributed by atoms with van der Waals surface area (Å²) in [4.78, 5) is 11.1. The van der Waals surface area contributed by atoms with E-state index in [9.17, 15) is 4.79 Å². The fraction of sp³-hybridized carbons (Fsp3) is 0.500. The highest BCUT2D eigenvalue weighted by Crippen LogP contribution is 2.41. The molecule has 2 rings (SSSR count). The first-order valence-corrected chi connectivity index (χ1v) is 5.64. The molecular weight excluding hydrogens is 200 g/mol. The summed E-state index contributed by atoms with van der Waals surface area (Å²) in [5.41, 5.74) is 5.19. The third-order valence-electron chi connectivity index (χ3n) is 3.54. The van der Waals surface area contributed by atoms with Crippen molar-refractivity contribution in [2.24, 2.45) is 0 Å². The third kappa shape index (κ3) is 1.44. The molecule has 16 heavy (non-hydrogen) atoms. The van der Waals surface area contributed by atoms with Gasteiger partial charge in [0.25, 0.3) is 0 Å². The molecule has 0 bridgehead atoms. The lowest BCUT2D eigenvalue weighted by Crippen LogP contribution is -2.24. The van der Waals surface area contributed by atoms with Gasteiger partial charge in [0.1, 0.15) is 11.4 Å². The molecule has 1 heterocycles. The number of aldehydes is 1. The highest BCUT2D eigenvalue weighted by atomic mass is 16.5. The van der Waals surface area contributed by atoms with Crippen LogP contribution in [0.5, 0.6) is 5.75 Å². The van der Waals surface area contributed by atoms with E-state index in [2.05, 4.69) is 20.8 Å². The van der Waals surface area contributed by atoms with Gasteiger partial charge in [-0.3, -0.25) is 4.79 Å². The van der Waals surface area contributed by atoms with Gasteiger partial charge in [-0.05, 0) is 45.7 Å². The lowest BCUT2D eigenvalue weighted by Gasteiger charge is -2.18. The molecule has 1 aromatic rings. The number of ether oxygens (including phenoxy) is 1. The van der Waals surface area contributed by atoms with Crippen LogP contribution in [-0.4, -0.2) is 11.9 Å². The summed E-state index contributed by atoms with van der Waals surface area (Å²) in [6.45, 7) is 10.2. The molecule has 0 radical (unpaired) electrons. The maximum absolute atomic E-state index is 11.1. The van der Waals surface area contributed by atoms with E-state index < -0.39 is 0 Å². The molecule has 0 aliphatic carbocycles. The van der Waals surface area contributed by atoms with Gasteiger partial charge in [-0.15, -0.1) is 0 Å². The second-order valence-electron chi connectivity index (χ2n) is 5.25. The molecule has 0 amide bonds. The molecular formula is C14H18O2. The van der Waals surface area contributed by atoms with Gasteiger partial charge in [0, 0.05) is 23.1 Å². The van der Waals surface area contributed by atoms with E-state index >= 15 is 0 Å². The predicted octanol–water partition coefficient (Wildman–Crippen LogP) is 3.14. The van der Waals surface area contributed by atoms with Crippen molar-refractivity contribution in [2.75, 3.05) is 0 Å². The minimum Gasteiger partial charge on any atom is -0.487 e. The summed E-state index contributed by atoms with van der Waals surface area (Å²) in [6, 6.07) is 0. The van der Waals surface area contributed by atoms with Crippen LogP contribution in [0.2, 0.25) is 0 Å². The molecule has 86 valence electrons. The largest absolute Gasteiger partial charge is 0.487 e. The number of benzene rings is 1. The minimum atomic E-state index is -0.147. The Morgan fingerprint density at radius 1 is 1.12 bits per heavy atom. The smallest absolute Gasteiger partial charge is 0.150 e. The predicted molar refractivity (Wildman–Crippen MR) is 64.5 cm³/mol. The van der Waals surface area contributed by atoms with Crippen molar-refractivity contribution in [1.82, 2.24) is 0 Å². The quantitative estimate of drug-likeness (QED) is 0.677. The van der Waals surface area contributed by atoms with Crippen molar-refractivity contribution in [1.29, 1.82) is 0 Å². The van der Waals surface area contributed by atoms with Crippen LogP contribution < -0.4 is 4.74 Å². The lowest BCUT2D eigenvalue weighted by molar-refractivity contribution is 0.111.